The zero-order valence-corrected chi connectivity index (χ0v) is 11.3. The fourth-order valence-corrected chi connectivity index (χ4v) is 0. The summed E-state index contributed by atoms with van der Waals surface area (Å²) >= 11 is 0. The quantitative estimate of drug-likeness (QED) is 0.291. The van der Waals surface area contributed by atoms with Crippen LogP contribution in [0.1, 0.15) is 0 Å². The molecule has 0 unspecified atom stereocenters. The summed E-state index contributed by atoms with van der Waals surface area (Å²) in [7, 11) is 0. The Hall–Kier alpha value is -0.582. The molecule has 0 rings (SSSR count). The molecule has 0 spiro atoms. The van der Waals surface area contributed by atoms with Crippen LogP contribution in [0.15, 0.2) is 0 Å². The van der Waals surface area contributed by atoms with Crippen LogP contribution in [0, 0.1) is 76.4 Å². The number of hydrogen-bond donors (Lipinski definition) is 1. The van der Waals surface area contributed by atoms with Crippen molar-refractivity contribution >= 4 is 0 Å². The summed E-state index contributed by atoms with van der Waals surface area (Å²) in [6.07, 6.45) is 0. The molecule has 0 amide bonds. The summed E-state index contributed by atoms with van der Waals surface area (Å²) in [6.45, 7) is 0. The second-order valence-corrected chi connectivity index (χ2v) is 0.685. The smallest absolute Gasteiger partial charge is 0.356 e. The van der Waals surface area contributed by atoms with E-state index < -0.39 is 15.3 Å². The van der Waals surface area contributed by atoms with E-state index in [1.807, 2.05) is 0 Å². The first-order valence-electron chi connectivity index (χ1n) is 1.66. The third kappa shape index (κ3) is 3660. The van der Waals surface area contributed by atoms with Crippen LogP contribution in [0.4, 0.5) is 0 Å². The summed E-state index contributed by atoms with van der Waals surface area (Å²) < 4.78 is 0. The zero-order chi connectivity index (χ0) is 10.7. The zero-order valence-electron chi connectivity index (χ0n) is 5.99. The van der Waals surface area contributed by atoms with Crippen LogP contribution in [-0.2, 0) is 19.5 Å². The third-order valence-electron chi connectivity index (χ3n) is 0. The molecule has 1 radical (unpaired) electrons. The minimum Gasteiger partial charge on any atom is -0.356 e. The summed E-state index contributed by atoms with van der Waals surface area (Å²) in [5.74, 6) is 0. The van der Waals surface area contributed by atoms with E-state index in [-0.39, 0.29) is 55.1 Å². The van der Waals surface area contributed by atoms with Crippen molar-refractivity contribution in [2.45, 2.75) is 0 Å². The first-order valence-corrected chi connectivity index (χ1v) is 1.66. The van der Waals surface area contributed by atoms with Gasteiger partial charge in [0.2, 0.25) is 0 Å². The molecular weight excluding hydrogens is 426 g/mol. The van der Waals surface area contributed by atoms with Crippen molar-refractivity contribution in [2.75, 3.05) is 0 Å². The molecule has 77 valence electrons. The third-order valence-corrected chi connectivity index (χ3v) is 0. The van der Waals surface area contributed by atoms with Gasteiger partial charge >= 0.3 is 55.1 Å². The molecule has 0 aliphatic heterocycles. The molecular formula is HLaN3O9Ru+4. The first-order chi connectivity index (χ1) is 5.20. The Morgan fingerprint density at radius 3 is 0.786 bits per heavy atom. The van der Waals surface area contributed by atoms with Gasteiger partial charge in [0, 0.05) is 0 Å². The standard InChI is InChI=1S/La.HNO3.2NO3.Ru/c;3*2-1(3)4;/h;(H,2,3,4);;;/q+3;;2*-1;+3. The average Bonchev–Trinajstić information content (AvgIpc) is 1.54. The second kappa shape index (κ2) is 22.8. The van der Waals surface area contributed by atoms with Crippen molar-refractivity contribution in [1.82, 2.24) is 0 Å². The van der Waals surface area contributed by atoms with Crippen molar-refractivity contribution in [3.8, 4) is 0 Å². The van der Waals surface area contributed by atoms with E-state index in [0.717, 1.165) is 0 Å². The van der Waals surface area contributed by atoms with E-state index in [1.54, 1.807) is 0 Å². The number of nitrogens with zero attached hydrogens (tertiary/aromatic N) is 3. The van der Waals surface area contributed by atoms with Crippen LogP contribution < -0.4 is 0 Å². The van der Waals surface area contributed by atoms with Crippen molar-refractivity contribution in [1.29, 1.82) is 0 Å². The van der Waals surface area contributed by atoms with Gasteiger partial charge in [0.05, 0.1) is 10.2 Å². The SMILES string of the molecule is O=[N+]([O-])O.O=[N+]([O-])[O-].O=[N+]([O-])[O-].[La+3].[Ru+3]. The van der Waals surface area contributed by atoms with Gasteiger partial charge in [-0.1, -0.05) is 0 Å². The molecule has 12 nitrogen and oxygen atoms in total. The van der Waals surface area contributed by atoms with Gasteiger partial charge < -0.3 is 35.9 Å². The molecule has 0 aromatic rings. The van der Waals surface area contributed by atoms with Crippen molar-refractivity contribution in [2.24, 2.45) is 0 Å². The Kier molecular flexibility index (Phi) is 47.6. The van der Waals surface area contributed by atoms with E-state index >= 15 is 0 Å². The van der Waals surface area contributed by atoms with E-state index in [9.17, 15) is 0 Å². The van der Waals surface area contributed by atoms with Crippen LogP contribution in [0.25, 0.3) is 0 Å². The molecule has 0 aromatic carbocycles. The van der Waals surface area contributed by atoms with Crippen molar-refractivity contribution in [3.05, 3.63) is 40.8 Å². The van der Waals surface area contributed by atoms with Crippen LogP contribution in [-0.4, -0.2) is 20.5 Å². The van der Waals surface area contributed by atoms with Gasteiger partial charge in [0.15, 0.2) is 0 Å². The van der Waals surface area contributed by atoms with E-state index in [1.165, 1.54) is 0 Å². The fourth-order valence-electron chi connectivity index (χ4n) is 0. The monoisotopic (exact) mass is 428 g/mol. The number of hydrogen-bond acceptors (Lipinski definition) is 8. The summed E-state index contributed by atoms with van der Waals surface area (Å²) in [5, 5.41) is 43.1. The molecule has 14 heavy (non-hydrogen) atoms. The van der Waals surface area contributed by atoms with Gasteiger partial charge in [-0.3, -0.25) is 0 Å². The summed E-state index contributed by atoms with van der Waals surface area (Å²) in [4.78, 5) is 24.9. The van der Waals surface area contributed by atoms with Gasteiger partial charge in [-0.2, -0.15) is 0 Å². The van der Waals surface area contributed by atoms with Gasteiger partial charge in [-0.25, -0.2) is 0 Å². The first kappa shape index (κ1) is 29.2. The molecule has 0 atom stereocenters. The normalized spacial score (nSPS) is 5.14. The number of rotatable bonds is 0. The molecule has 1 N–H and O–H groups in total. The average molecular weight is 427 g/mol. The molecule has 0 heterocycles. The van der Waals surface area contributed by atoms with Crippen molar-refractivity contribution in [3.63, 3.8) is 0 Å². The van der Waals surface area contributed by atoms with Crippen LogP contribution in [0.5, 0.6) is 0 Å². The van der Waals surface area contributed by atoms with Crippen LogP contribution >= 0.6 is 0 Å². The molecule has 0 bridgehead atoms. The molecule has 0 saturated carbocycles. The van der Waals surface area contributed by atoms with E-state index in [4.69, 9.17) is 46.0 Å². The Labute approximate surface area is 116 Å². The Morgan fingerprint density at radius 1 is 0.786 bits per heavy atom. The van der Waals surface area contributed by atoms with Gasteiger partial charge in [0.25, 0.3) is 5.09 Å². The molecule has 0 fully saturated rings. The van der Waals surface area contributed by atoms with E-state index in [0.29, 0.717) is 0 Å². The van der Waals surface area contributed by atoms with Crippen LogP contribution in [0.3, 0.4) is 0 Å². The Morgan fingerprint density at radius 2 is 0.786 bits per heavy atom. The minimum atomic E-state index is -1.75. The van der Waals surface area contributed by atoms with Crippen LogP contribution in [0.2, 0.25) is 0 Å². The molecule has 0 aliphatic carbocycles. The van der Waals surface area contributed by atoms with E-state index in [2.05, 4.69) is 0 Å². The maximum absolute atomic E-state index is 8.36. The largest absolute Gasteiger partial charge is 3.00 e. The summed E-state index contributed by atoms with van der Waals surface area (Å²) in [6, 6.07) is 0. The van der Waals surface area contributed by atoms with Gasteiger partial charge in [0.1, 0.15) is 0 Å². The topological polar surface area (TPSA) is 196 Å². The van der Waals surface area contributed by atoms with Gasteiger partial charge in [-0.05, 0) is 0 Å². The summed E-state index contributed by atoms with van der Waals surface area (Å²) in [5.41, 5.74) is 0. The minimum absolute atomic E-state index is 0. The molecule has 0 aliphatic rings. The Bertz CT molecular complexity index is 118. The maximum atomic E-state index is 8.36. The Balaban J connectivity index is -0.0000000270. The molecule has 0 aromatic heterocycles. The second-order valence-electron chi connectivity index (χ2n) is 0.685. The van der Waals surface area contributed by atoms with Crippen molar-refractivity contribution < 1.29 is 75.5 Å². The predicted octanol–water partition coefficient (Wildman–Crippen LogP) is -0.828. The predicted molar refractivity (Wildman–Crippen MR) is 29.5 cm³/mol. The molecule has 0 saturated heterocycles. The van der Waals surface area contributed by atoms with Gasteiger partial charge in [-0.15, -0.1) is 10.1 Å². The maximum Gasteiger partial charge on any atom is 3.00 e. The molecule has 14 heteroatoms. The fraction of sp³-hybridized carbons (Fsp3) is 0.